The number of hydrogen-bond donors (Lipinski definition) is 1. The molecule has 21 heavy (non-hydrogen) atoms. The number of ether oxygens (including phenoxy) is 1. The van der Waals surface area contributed by atoms with Crippen molar-refractivity contribution in [2.24, 2.45) is 0 Å². The van der Waals surface area contributed by atoms with Crippen LogP contribution in [0.25, 0.3) is 10.8 Å². The lowest BCUT2D eigenvalue weighted by Gasteiger charge is -2.27. The zero-order chi connectivity index (χ0) is 14.7. The van der Waals surface area contributed by atoms with Crippen LogP contribution in [-0.4, -0.2) is 31.2 Å². The summed E-state index contributed by atoms with van der Waals surface area (Å²) in [5.74, 6) is 0. The molecule has 2 aromatic carbocycles. The van der Waals surface area contributed by atoms with Crippen LogP contribution in [0, 0.1) is 0 Å². The molecule has 1 saturated heterocycles. The zero-order valence-electron chi connectivity index (χ0n) is 12.7. The van der Waals surface area contributed by atoms with Crippen LogP contribution in [0.1, 0.15) is 24.8 Å². The monoisotopic (exact) mass is 284 g/mol. The first-order valence-corrected chi connectivity index (χ1v) is 7.79. The van der Waals surface area contributed by atoms with E-state index in [4.69, 9.17) is 10.5 Å². The lowest BCUT2D eigenvalue weighted by molar-refractivity contribution is -0.00256. The van der Waals surface area contributed by atoms with E-state index in [-0.39, 0.29) is 0 Å². The Morgan fingerprint density at radius 2 is 1.95 bits per heavy atom. The predicted molar refractivity (Wildman–Crippen MR) is 88.3 cm³/mol. The van der Waals surface area contributed by atoms with E-state index in [1.807, 2.05) is 6.07 Å². The molecule has 1 fully saturated rings. The number of anilines is 1. The molecular formula is C18H24N2O. The van der Waals surface area contributed by atoms with Crippen LogP contribution in [0.5, 0.6) is 0 Å². The Hall–Kier alpha value is -1.58. The first-order chi connectivity index (χ1) is 10.2. The third kappa shape index (κ3) is 3.55. The highest BCUT2D eigenvalue weighted by Crippen LogP contribution is 2.23. The van der Waals surface area contributed by atoms with E-state index in [1.54, 1.807) is 0 Å². The Balaban J connectivity index is 1.70. The van der Waals surface area contributed by atoms with E-state index in [1.165, 1.54) is 35.6 Å². The molecule has 1 heterocycles. The van der Waals surface area contributed by atoms with E-state index in [0.717, 1.165) is 25.4 Å². The van der Waals surface area contributed by atoms with Gasteiger partial charge in [-0.25, -0.2) is 0 Å². The van der Waals surface area contributed by atoms with Crippen molar-refractivity contribution in [1.82, 2.24) is 4.90 Å². The third-order valence-corrected chi connectivity index (χ3v) is 4.24. The van der Waals surface area contributed by atoms with Gasteiger partial charge in [0.1, 0.15) is 0 Å². The molecule has 0 bridgehead atoms. The van der Waals surface area contributed by atoms with Crippen molar-refractivity contribution in [3.63, 3.8) is 0 Å². The summed E-state index contributed by atoms with van der Waals surface area (Å²) in [6.45, 7) is 2.76. The minimum atomic E-state index is 0.380. The van der Waals surface area contributed by atoms with Crippen molar-refractivity contribution in [3.8, 4) is 0 Å². The van der Waals surface area contributed by atoms with Gasteiger partial charge in [-0.05, 0) is 54.8 Å². The van der Waals surface area contributed by atoms with Crippen molar-refractivity contribution >= 4 is 16.5 Å². The molecule has 1 aliphatic rings. The maximum atomic E-state index is 6.21. The molecule has 0 spiro atoms. The minimum absolute atomic E-state index is 0.380. The second-order valence-corrected chi connectivity index (χ2v) is 6.08. The van der Waals surface area contributed by atoms with Gasteiger partial charge in [-0.1, -0.05) is 24.3 Å². The number of nitrogens with two attached hydrogens (primary N) is 1. The van der Waals surface area contributed by atoms with Gasteiger partial charge in [0, 0.05) is 25.4 Å². The van der Waals surface area contributed by atoms with Gasteiger partial charge >= 0.3 is 0 Å². The van der Waals surface area contributed by atoms with E-state index < -0.39 is 0 Å². The molecule has 0 saturated carbocycles. The topological polar surface area (TPSA) is 38.5 Å². The number of benzene rings is 2. The Kier molecular flexibility index (Phi) is 4.42. The van der Waals surface area contributed by atoms with Gasteiger partial charge in [-0.3, -0.25) is 4.90 Å². The predicted octanol–water partition coefficient (Wildman–Crippen LogP) is 3.42. The zero-order valence-corrected chi connectivity index (χ0v) is 12.7. The molecule has 3 nitrogen and oxygen atoms in total. The molecule has 2 aromatic rings. The van der Waals surface area contributed by atoms with Crippen molar-refractivity contribution < 1.29 is 4.74 Å². The maximum Gasteiger partial charge on any atom is 0.0702 e. The second kappa shape index (κ2) is 6.46. The van der Waals surface area contributed by atoms with Crippen molar-refractivity contribution in [2.45, 2.75) is 31.9 Å². The van der Waals surface area contributed by atoms with Crippen LogP contribution in [0.2, 0.25) is 0 Å². The average Bonchev–Trinajstić information content (AvgIpc) is 2.49. The van der Waals surface area contributed by atoms with Gasteiger partial charge in [0.15, 0.2) is 0 Å². The fourth-order valence-electron chi connectivity index (χ4n) is 3.10. The summed E-state index contributed by atoms with van der Waals surface area (Å²) in [5, 5.41) is 2.46. The Bertz CT molecular complexity index is 605. The number of likely N-dealkylation sites (N-methyl/N-ethyl adjacent to an activating group) is 1. The fourth-order valence-corrected chi connectivity index (χ4v) is 3.10. The molecule has 0 radical (unpaired) electrons. The Labute approximate surface area is 126 Å². The highest BCUT2D eigenvalue weighted by Gasteiger charge is 2.16. The number of hydrogen-bond acceptors (Lipinski definition) is 3. The van der Waals surface area contributed by atoms with E-state index in [0.29, 0.717) is 6.10 Å². The highest BCUT2D eigenvalue weighted by atomic mass is 16.5. The Morgan fingerprint density at radius 1 is 1.19 bits per heavy atom. The first kappa shape index (κ1) is 14.4. The van der Waals surface area contributed by atoms with Crippen molar-refractivity contribution in [3.05, 3.63) is 42.0 Å². The number of nitrogens with zero attached hydrogens (tertiary/aromatic N) is 1. The summed E-state index contributed by atoms with van der Waals surface area (Å²) in [6, 6.07) is 12.7. The van der Waals surface area contributed by atoms with Crippen molar-refractivity contribution in [2.75, 3.05) is 25.9 Å². The van der Waals surface area contributed by atoms with Gasteiger partial charge < -0.3 is 10.5 Å². The summed E-state index contributed by atoms with van der Waals surface area (Å²) < 4.78 is 5.81. The minimum Gasteiger partial charge on any atom is -0.398 e. The van der Waals surface area contributed by atoms with Gasteiger partial charge in [0.05, 0.1) is 6.10 Å². The van der Waals surface area contributed by atoms with Gasteiger partial charge in [0.2, 0.25) is 0 Å². The van der Waals surface area contributed by atoms with Gasteiger partial charge in [-0.15, -0.1) is 0 Å². The smallest absolute Gasteiger partial charge is 0.0702 e. The molecule has 1 unspecified atom stereocenters. The molecule has 3 rings (SSSR count). The normalized spacial score (nSPS) is 19.2. The molecule has 0 aliphatic carbocycles. The summed E-state index contributed by atoms with van der Waals surface area (Å²) in [4.78, 5) is 2.32. The van der Waals surface area contributed by atoms with Gasteiger partial charge in [0.25, 0.3) is 0 Å². The first-order valence-electron chi connectivity index (χ1n) is 7.79. The maximum absolute atomic E-state index is 6.21. The fraction of sp³-hybridized carbons (Fsp3) is 0.444. The molecule has 1 aliphatic heterocycles. The molecule has 0 amide bonds. The second-order valence-electron chi connectivity index (χ2n) is 6.08. The molecule has 0 aromatic heterocycles. The van der Waals surface area contributed by atoms with E-state index >= 15 is 0 Å². The lowest BCUT2D eigenvalue weighted by Crippen LogP contribution is -2.33. The lowest BCUT2D eigenvalue weighted by atomic mass is 10.0. The third-order valence-electron chi connectivity index (χ3n) is 4.24. The van der Waals surface area contributed by atoms with Crippen molar-refractivity contribution in [1.29, 1.82) is 0 Å². The SMILES string of the molecule is CN(Cc1cc2ccccc2cc1N)CC1CCCCO1. The molecule has 3 heteroatoms. The van der Waals surface area contributed by atoms with E-state index in [9.17, 15) is 0 Å². The van der Waals surface area contributed by atoms with Crippen LogP contribution >= 0.6 is 0 Å². The standard InChI is InChI=1S/C18H24N2O/c1-20(13-17-8-4-5-9-21-17)12-16-10-14-6-2-3-7-15(14)11-18(16)19/h2-3,6-7,10-11,17H,4-5,8-9,12-13,19H2,1H3. The molecule has 112 valence electrons. The quantitative estimate of drug-likeness (QED) is 0.874. The van der Waals surface area contributed by atoms with Crippen LogP contribution in [0.4, 0.5) is 5.69 Å². The summed E-state index contributed by atoms with van der Waals surface area (Å²) in [5.41, 5.74) is 8.29. The highest BCUT2D eigenvalue weighted by molar-refractivity contribution is 5.86. The summed E-state index contributed by atoms with van der Waals surface area (Å²) in [7, 11) is 2.15. The molecule has 1 atom stereocenters. The Morgan fingerprint density at radius 3 is 2.67 bits per heavy atom. The van der Waals surface area contributed by atoms with Crippen LogP contribution < -0.4 is 5.73 Å². The summed E-state index contributed by atoms with van der Waals surface area (Å²) in [6.07, 6.45) is 4.05. The van der Waals surface area contributed by atoms with Gasteiger partial charge in [-0.2, -0.15) is 0 Å². The van der Waals surface area contributed by atoms with Crippen LogP contribution in [-0.2, 0) is 11.3 Å². The van der Waals surface area contributed by atoms with Crippen LogP contribution in [0.15, 0.2) is 36.4 Å². The average molecular weight is 284 g/mol. The number of fused-ring (bicyclic) bond motifs is 1. The summed E-state index contributed by atoms with van der Waals surface area (Å²) >= 11 is 0. The molecular weight excluding hydrogens is 260 g/mol. The van der Waals surface area contributed by atoms with E-state index in [2.05, 4.69) is 42.3 Å². The number of rotatable bonds is 4. The molecule has 2 N–H and O–H groups in total. The van der Waals surface area contributed by atoms with Crippen LogP contribution in [0.3, 0.4) is 0 Å². The number of nitrogen functional groups attached to an aromatic ring is 1. The largest absolute Gasteiger partial charge is 0.398 e.